The van der Waals surface area contributed by atoms with E-state index in [-0.39, 0.29) is 11.9 Å². The zero-order chi connectivity index (χ0) is 15.1. The Bertz CT molecular complexity index is 320. The van der Waals surface area contributed by atoms with Crippen LogP contribution in [0.3, 0.4) is 0 Å². The highest BCUT2D eigenvalue weighted by Gasteiger charge is 2.33. The minimum absolute atomic E-state index is 0.00000369. The number of carbonyl (C=O) groups excluding carboxylic acids is 1. The van der Waals surface area contributed by atoms with Crippen LogP contribution < -0.4 is 0 Å². The quantitative estimate of drug-likeness (QED) is 0.501. The maximum atomic E-state index is 11.9. The van der Waals surface area contributed by atoms with Gasteiger partial charge in [0, 0.05) is 0 Å². The van der Waals surface area contributed by atoms with Crippen molar-refractivity contribution in [2.75, 3.05) is 6.61 Å². The van der Waals surface area contributed by atoms with Crippen molar-refractivity contribution < 1.29 is 9.53 Å². The van der Waals surface area contributed by atoms with Crippen LogP contribution >= 0.6 is 0 Å². The lowest BCUT2D eigenvalue weighted by Crippen LogP contribution is -2.29. The molecule has 2 fully saturated rings. The molecule has 21 heavy (non-hydrogen) atoms. The molecule has 0 aliphatic heterocycles. The molecule has 0 aromatic rings. The van der Waals surface area contributed by atoms with Gasteiger partial charge < -0.3 is 4.74 Å². The highest BCUT2D eigenvalue weighted by atomic mass is 16.5. The Morgan fingerprint density at radius 3 is 2.14 bits per heavy atom. The molecule has 0 aromatic heterocycles. The first-order valence-corrected chi connectivity index (χ1v) is 9.02. The highest BCUT2D eigenvalue weighted by Crippen LogP contribution is 2.42. The molecular weight excluding hydrogens is 260 g/mol. The van der Waals surface area contributed by atoms with Crippen LogP contribution in [0.25, 0.3) is 0 Å². The van der Waals surface area contributed by atoms with Gasteiger partial charge in [0.15, 0.2) is 0 Å². The minimum atomic E-state index is 0.00000369. The molecule has 2 aliphatic rings. The zero-order valence-electron chi connectivity index (χ0n) is 13.7. The van der Waals surface area contributed by atoms with E-state index >= 15 is 0 Å². The molecule has 0 radical (unpaired) electrons. The molecule has 2 saturated carbocycles. The summed E-state index contributed by atoms with van der Waals surface area (Å²) in [6, 6.07) is 0. The summed E-state index contributed by atoms with van der Waals surface area (Å²) in [5.74, 6) is 2.95. The van der Waals surface area contributed by atoms with Gasteiger partial charge in [-0.25, -0.2) is 0 Å². The Morgan fingerprint density at radius 1 is 1.05 bits per heavy atom. The molecule has 0 heterocycles. The van der Waals surface area contributed by atoms with Gasteiger partial charge >= 0.3 is 5.97 Å². The van der Waals surface area contributed by atoms with Crippen molar-refractivity contribution in [3.8, 4) is 0 Å². The van der Waals surface area contributed by atoms with Gasteiger partial charge in [0.1, 0.15) is 6.61 Å². The Kier molecular flexibility index (Phi) is 6.79. The van der Waals surface area contributed by atoms with Gasteiger partial charge in [0.05, 0.1) is 5.92 Å². The summed E-state index contributed by atoms with van der Waals surface area (Å²) in [4.78, 5) is 11.9. The fraction of sp³-hybridized carbons (Fsp3) is 0.842. The fourth-order valence-electron chi connectivity index (χ4n) is 4.44. The molecule has 0 amide bonds. The number of esters is 1. The normalized spacial score (nSPS) is 33.4. The van der Waals surface area contributed by atoms with E-state index in [0.717, 1.165) is 30.6 Å². The molecule has 0 N–H and O–H groups in total. The summed E-state index contributed by atoms with van der Waals surface area (Å²) in [5, 5.41) is 0. The standard InChI is InChI=1S/C19H32O2/c1-3-5-15-6-8-16(9-7-15)17-10-12-18(13-11-17)19(20)21-14-4-2/h4,15-18H,2-3,5-14H2,1H3. The molecule has 2 aliphatic carbocycles. The summed E-state index contributed by atoms with van der Waals surface area (Å²) in [7, 11) is 0. The molecule has 2 heteroatoms. The van der Waals surface area contributed by atoms with Crippen LogP contribution in [-0.2, 0) is 9.53 Å². The maximum absolute atomic E-state index is 11.9. The van der Waals surface area contributed by atoms with Crippen LogP contribution in [0, 0.1) is 23.7 Å². The van der Waals surface area contributed by atoms with Gasteiger partial charge in [-0.2, -0.15) is 0 Å². The fourth-order valence-corrected chi connectivity index (χ4v) is 4.44. The third kappa shape index (κ3) is 4.86. The van der Waals surface area contributed by atoms with Crippen molar-refractivity contribution in [2.45, 2.75) is 71.1 Å². The molecule has 120 valence electrons. The highest BCUT2D eigenvalue weighted by molar-refractivity contribution is 5.72. The van der Waals surface area contributed by atoms with Crippen LogP contribution in [-0.4, -0.2) is 12.6 Å². The van der Waals surface area contributed by atoms with Gasteiger partial charge in [0.2, 0.25) is 0 Å². The summed E-state index contributed by atoms with van der Waals surface area (Å²) >= 11 is 0. The third-order valence-electron chi connectivity index (χ3n) is 5.70. The third-order valence-corrected chi connectivity index (χ3v) is 5.70. The lowest BCUT2D eigenvalue weighted by molar-refractivity contribution is -0.148. The molecule has 0 spiro atoms. The van der Waals surface area contributed by atoms with Crippen molar-refractivity contribution in [1.29, 1.82) is 0 Å². The summed E-state index contributed by atoms with van der Waals surface area (Å²) in [6.45, 7) is 6.26. The second kappa shape index (κ2) is 8.60. The van der Waals surface area contributed by atoms with Gasteiger partial charge in [0.25, 0.3) is 0 Å². The molecule has 0 bridgehead atoms. The predicted molar refractivity (Wildman–Crippen MR) is 87.0 cm³/mol. The molecule has 0 unspecified atom stereocenters. The number of ether oxygens (including phenoxy) is 1. The molecule has 0 aromatic carbocycles. The summed E-state index contributed by atoms with van der Waals surface area (Å²) in [6.07, 6.45) is 14.7. The largest absolute Gasteiger partial charge is 0.461 e. The topological polar surface area (TPSA) is 26.3 Å². The Morgan fingerprint density at radius 2 is 1.62 bits per heavy atom. The molecular formula is C19H32O2. The molecule has 2 rings (SSSR count). The van der Waals surface area contributed by atoms with Crippen molar-refractivity contribution in [2.24, 2.45) is 23.7 Å². The monoisotopic (exact) mass is 292 g/mol. The van der Waals surface area contributed by atoms with Gasteiger partial charge in [-0.3, -0.25) is 4.79 Å². The molecule has 0 saturated heterocycles. The average Bonchev–Trinajstić information content (AvgIpc) is 2.54. The predicted octanol–water partition coefficient (Wildman–Crippen LogP) is 5.13. The van der Waals surface area contributed by atoms with Crippen LogP contribution in [0.15, 0.2) is 12.7 Å². The zero-order valence-corrected chi connectivity index (χ0v) is 13.7. The van der Waals surface area contributed by atoms with Crippen LogP contribution in [0.2, 0.25) is 0 Å². The lowest BCUT2D eigenvalue weighted by Gasteiger charge is -2.37. The van der Waals surface area contributed by atoms with E-state index in [4.69, 9.17) is 4.74 Å². The number of hydrogen-bond acceptors (Lipinski definition) is 2. The van der Waals surface area contributed by atoms with Crippen LogP contribution in [0.1, 0.15) is 71.1 Å². The number of rotatable bonds is 6. The average molecular weight is 292 g/mol. The first-order chi connectivity index (χ1) is 10.2. The van der Waals surface area contributed by atoms with E-state index < -0.39 is 0 Å². The van der Waals surface area contributed by atoms with Gasteiger partial charge in [-0.05, 0) is 56.3 Å². The summed E-state index contributed by atoms with van der Waals surface area (Å²) in [5.41, 5.74) is 0. The molecule has 2 nitrogen and oxygen atoms in total. The Balaban J connectivity index is 1.69. The second-order valence-electron chi connectivity index (χ2n) is 7.10. The van der Waals surface area contributed by atoms with Crippen LogP contribution in [0.4, 0.5) is 0 Å². The second-order valence-corrected chi connectivity index (χ2v) is 7.10. The molecule has 0 atom stereocenters. The Hall–Kier alpha value is -0.790. The maximum Gasteiger partial charge on any atom is 0.309 e. The number of hydrogen-bond donors (Lipinski definition) is 0. The minimum Gasteiger partial charge on any atom is -0.461 e. The van der Waals surface area contributed by atoms with Gasteiger partial charge in [-0.1, -0.05) is 45.3 Å². The van der Waals surface area contributed by atoms with Crippen molar-refractivity contribution >= 4 is 5.97 Å². The SMILES string of the molecule is C=CCOC(=O)C1CCC(C2CCC(CCC)CC2)CC1. The summed E-state index contributed by atoms with van der Waals surface area (Å²) < 4.78 is 5.20. The van der Waals surface area contributed by atoms with E-state index in [0.29, 0.717) is 6.61 Å². The lowest BCUT2D eigenvalue weighted by atomic mass is 9.69. The van der Waals surface area contributed by atoms with Crippen LogP contribution in [0.5, 0.6) is 0 Å². The Labute approximate surface area is 130 Å². The van der Waals surface area contributed by atoms with E-state index in [1.165, 1.54) is 51.4 Å². The first-order valence-electron chi connectivity index (χ1n) is 9.02. The van der Waals surface area contributed by atoms with Gasteiger partial charge in [-0.15, -0.1) is 0 Å². The van der Waals surface area contributed by atoms with E-state index in [1.54, 1.807) is 6.08 Å². The van der Waals surface area contributed by atoms with Crippen molar-refractivity contribution in [3.63, 3.8) is 0 Å². The smallest absolute Gasteiger partial charge is 0.309 e. The van der Waals surface area contributed by atoms with E-state index in [2.05, 4.69) is 13.5 Å². The van der Waals surface area contributed by atoms with Crippen molar-refractivity contribution in [3.05, 3.63) is 12.7 Å². The van der Waals surface area contributed by atoms with E-state index in [9.17, 15) is 4.79 Å². The number of carbonyl (C=O) groups is 1. The van der Waals surface area contributed by atoms with Crippen molar-refractivity contribution in [1.82, 2.24) is 0 Å². The van der Waals surface area contributed by atoms with E-state index in [1.807, 2.05) is 0 Å². The first kappa shape index (κ1) is 16.6.